The molecule has 0 spiro atoms. The van der Waals surface area contributed by atoms with Crippen molar-refractivity contribution in [2.45, 2.75) is 10.6 Å². The van der Waals surface area contributed by atoms with Gasteiger partial charge in [-0.25, -0.2) is 9.18 Å². The highest BCUT2D eigenvalue weighted by atomic mass is 79.9. The summed E-state index contributed by atoms with van der Waals surface area (Å²) in [6.45, 7) is 0. The van der Waals surface area contributed by atoms with E-state index in [0.717, 1.165) is 10.5 Å². The number of halogens is 2. The molecule has 104 valence electrons. The predicted molar refractivity (Wildman–Crippen MR) is 81.5 cm³/mol. The van der Waals surface area contributed by atoms with Crippen molar-refractivity contribution < 1.29 is 14.3 Å². The Morgan fingerprint density at radius 3 is 2.65 bits per heavy atom. The average molecular weight is 356 g/mol. The van der Waals surface area contributed by atoms with E-state index in [9.17, 15) is 9.18 Å². The zero-order valence-electron chi connectivity index (χ0n) is 10.3. The van der Waals surface area contributed by atoms with Gasteiger partial charge in [-0.15, -0.1) is 11.8 Å². The molecule has 0 heterocycles. The van der Waals surface area contributed by atoms with Gasteiger partial charge in [0.2, 0.25) is 0 Å². The third-order valence-electron chi connectivity index (χ3n) is 2.59. The normalized spacial score (nSPS) is 10.5. The lowest BCUT2D eigenvalue weighted by molar-refractivity contribution is 0.0697. The average Bonchev–Trinajstić information content (AvgIpc) is 2.36. The maximum atomic E-state index is 13.2. The van der Waals surface area contributed by atoms with Gasteiger partial charge in [0.1, 0.15) is 5.82 Å². The van der Waals surface area contributed by atoms with Crippen molar-refractivity contribution in [2.24, 2.45) is 0 Å². The van der Waals surface area contributed by atoms with Crippen LogP contribution in [0.15, 0.2) is 45.8 Å². The smallest absolute Gasteiger partial charge is 0.335 e. The number of carbonyl (C=O) groups is 1. The standard InChI is InChI=1S/C14H11BrFNO2S/c15-13-3-8(14(18)19)1-2-9(13)7-20-12-5-10(16)4-11(17)6-12/h1-6H,7,17H2,(H,18,19). The molecule has 2 aromatic rings. The Balaban J connectivity index is 2.12. The molecule has 3 nitrogen and oxygen atoms in total. The zero-order chi connectivity index (χ0) is 14.7. The predicted octanol–water partition coefficient (Wildman–Crippen LogP) is 4.16. The Hall–Kier alpha value is -1.53. The fourth-order valence-corrected chi connectivity index (χ4v) is 3.32. The van der Waals surface area contributed by atoms with Gasteiger partial charge in [0.05, 0.1) is 5.56 Å². The summed E-state index contributed by atoms with van der Waals surface area (Å²) in [5, 5.41) is 8.89. The molecule has 20 heavy (non-hydrogen) atoms. The van der Waals surface area contributed by atoms with Crippen LogP contribution in [-0.4, -0.2) is 11.1 Å². The lowest BCUT2D eigenvalue weighted by Crippen LogP contribution is -1.97. The molecule has 0 radical (unpaired) electrons. The van der Waals surface area contributed by atoms with Crippen molar-refractivity contribution in [1.29, 1.82) is 0 Å². The van der Waals surface area contributed by atoms with Gasteiger partial charge >= 0.3 is 5.97 Å². The number of hydrogen-bond donors (Lipinski definition) is 2. The van der Waals surface area contributed by atoms with E-state index in [2.05, 4.69) is 15.9 Å². The molecule has 0 aliphatic rings. The van der Waals surface area contributed by atoms with Gasteiger partial charge < -0.3 is 10.8 Å². The van der Waals surface area contributed by atoms with E-state index in [-0.39, 0.29) is 11.4 Å². The number of thioether (sulfide) groups is 1. The Kier molecular flexibility index (Phi) is 4.67. The summed E-state index contributed by atoms with van der Waals surface area (Å²) >= 11 is 4.78. The van der Waals surface area contributed by atoms with E-state index in [1.807, 2.05) is 0 Å². The lowest BCUT2D eigenvalue weighted by Gasteiger charge is -2.06. The van der Waals surface area contributed by atoms with Crippen molar-refractivity contribution in [1.82, 2.24) is 0 Å². The third-order valence-corrected chi connectivity index (χ3v) is 4.35. The van der Waals surface area contributed by atoms with E-state index in [1.54, 1.807) is 24.3 Å². The first-order valence-electron chi connectivity index (χ1n) is 5.66. The number of carboxylic acid groups (broad SMARTS) is 1. The zero-order valence-corrected chi connectivity index (χ0v) is 12.7. The summed E-state index contributed by atoms with van der Waals surface area (Å²) in [7, 11) is 0. The van der Waals surface area contributed by atoms with Crippen LogP contribution >= 0.6 is 27.7 Å². The summed E-state index contributed by atoms with van der Waals surface area (Å²) in [4.78, 5) is 11.6. The summed E-state index contributed by atoms with van der Waals surface area (Å²) in [5.41, 5.74) is 7.12. The van der Waals surface area contributed by atoms with Crippen LogP contribution in [0.25, 0.3) is 0 Å². The van der Waals surface area contributed by atoms with Gasteiger partial charge in [-0.05, 0) is 35.9 Å². The van der Waals surface area contributed by atoms with E-state index >= 15 is 0 Å². The monoisotopic (exact) mass is 355 g/mol. The second-order valence-corrected chi connectivity index (χ2v) is 6.02. The Labute approximate surface area is 128 Å². The molecule has 2 aromatic carbocycles. The molecular weight excluding hydrogens is 345 g/mol. The highest BCUT2D eigenvalue weighted by Crippen LogP contribution is 2.29. The number of nitrogens with two attached hydrogens (primary N) is 1. The number of anilines is 1. The number of hydrogen-bond acceptors (Lipinski definition) is 3. The van der Waals surface area contributed by atoms with Crippen molar-refractivity contribution in [2.75, 3.05) is 5.73 Å². The molecule has 0 unspecified atom stereocenters. The topological polar surface area (TPSA) is 63.3 Å². The molecule has 0 aromatic heterocycles. The number of carboxylic acids is 1. The highest BCUT2D eigenvalue weighted by molar-refractivity contribution is 9.10. The molecule has 0 aliphatic carbocycles. The molecule has 6 heteroatoms. The number of aromatic carboxylic acids is 1. The van der Waals surface area contributed by atoms with Gasteiger partial charge in [0, 0.05) is 20.8 Å². The van der Waals surface area contributed by atoms with Gasteiger partial charge in [0.25, 0.3) is 0 Å². The van der Waals surface area contributed by atoms with Crippen molar-refractivity contribution in [3.63, 3.8) is 0 Å². The van der Waals surface area contributed by atoms with Crippen LogP contribution in [0.4, 0.5) is 10.1 Å². The fourth-order valence-electron chi connectivity index (χ4n) is 1.63. The molecule has 0 atom stereocenters. The molecule has 0 fully saturated rings. The number of nitrogen functional groups attached to an aromatic ring is 1. The molecular formula is C14H11BrFNO2S. The molecule has 3 N–H and O–H groups in total. The summed E-state index contributed by atoms with van der Waals surface area (Å²) < 4.78 is 13.9. The van der Waals surface area contributed by atoms with E-state index in [1.165, 1.54) is 23.9 Å². The van der Waals surface area contributed by atoms with Crippen LogP contribution < -0.4 is 5.73 Å². The summed E-state index contributed by atoms with van der Waals surface area (Å²) in [6, 6.07) is 9.22. The third kappa shape index (κ3) is 3.74. The number of rotatable bonds is 4. The van der Waals surface area contributed by atoms with Gasteiger partial charge in [-0.1, -0.05) is 22.0 Å². The van der Waals surface area contributed by atoms with Crippen LogP contribution in [0, 0.1) is 5.82 Å². The van der Waals surface area contributed by atoms with Crippen molar-refractivity contribution in [3.05, 3.63) is 57.8 Å². The first kappa shape index (κ1) is 14.9. The van der Waals surface area contributed by atoms with Crippen LogP contribution in [0.2, 0.25) is 0 Å². The maximum Gasteiger partial charge on any atom is 0.335 e. The largest absolute Gasteiger partial charge is 0.478 e. The second kappa shape index (κ2) is 6.28. The van der Waals surface area contributed by atoms with Crippen molar-refractivity contribution in [3.8, 4) is 0 Å². The van der Waals surface area contributed by atoms with Crippen LogP contribution in [-0.2, 0) is 5.75 Å². The highest BCUT2D eigenvalue weighted by Gasteiger charge is 2.07. The summed E-state index contributed by atoms with van der Waals surface area (Å²) in [6.07, 6.45) is 0. The van der Waals surface area contributed by atoms with Gasteiger partial charge in [-0.2, -0.15) is 0 Å². The minimum absolute atomic E-state index is 0.223. The lowest BCUT2D eigenvalue weighted by atomic mass is 10.1. The minimum atomic E-state index is -0.970. The quantitative estimate of drug-likeness (QED) is 0.638. The molecule has 0 saturated heterocycles. The van der Waals surface area contributed by atoms with Gasteiger partial charge in [-0.3, -0.25) is 0 Å². The van der Waals surface area contributed by atoms with Crippen molar-refractivity contribution >= 4 is 39.3 Å². The fraction of sp³-hybridized carbons (Fsp3) is 0.0714. The van der Waals surface area contributed by atoms with Crippen LogP contribution in [0.1, 0.15) is 15.9 Å². The molecule has 0 bridgehead atoms. The summed E-state index contributed by atoms with van der Waals surface area (Å²) in [5.74, 6) is -0.751. The Morgan fingerprint density at radius 2 is 2.05 bits per heavy atom. The molecule has 0 saturated carbocycles. The van der Waals surface area contributed by atoms with E-state index in [4.69, 9.17) is 10.8 Å². The molecule has 0 amide bonds. The van der Waals surface area contributed by atoms with Crippen LogP contribution in [0.3, 0.4) is 0 Å². The first-order valence-corrected chi connectivity index (χ1v) is 7.44. The first-order chi connectivity index (χ1) is 9.45. The Morgan fingerprint density at radius 1 is 1.30 bits per heavy atom. The Bertz CT molecular complexity index is 643. The van der Waals surface area contributed by atoms with Gasteiger partial charge in [0.15, 0.2) is 0 Å². The molecule has 0 aliphatic heterocycles. The van der Waals surface area contributed by atoms with E-state index < -0.39 is 5.97 Å². The second-order valence-electron chi connectivity index (χ2n) is 4.12. The SMILES string of the molecule is Nc1cc(F)cc(SCc2ccc(C(=O)O)cc2Br)c1. The number of benzene rings is 2. The molecule has 2 rings (SSSR count). The maximum absolute atomic E-state index is 13.2. The van der Waals surface area contributed by atoms with E-state index in [0.29, 0.717) is 15.9 Å². The minimum Gasteiger partial charge on any atom is -0.478 e. The van der Waals surface area contributed by atoms with Crippen LogP contribution in [0.5, 0.6) is 0 Å².